The second-order valence-corrected chi connectivity index (χ2v) is 6.14. The summed E-state index contributed by atoms with van der Waals surface area (Å²) in [6, 6.07) is 6.23. The Hall–Kier alpha value is -1.39. The molecule has 2 aliphatic rings. The number of anilines is 1. The molecule has 2 unspecified atom stereocenters. The molecule has 2 heterocycles. The highest BCUT2D eigenvalue weighted by atomic mass is 16.5. The first-order valence-electron chi connectivity index (χ1n) is 8.02. The topological polar surface area (TPSA) is 64.3 Å². The highest BCUT2D eigenvalue weighted by Gasteiger charge is 2.18. The molecule has 4 nitrogen and oxygen atoms in total. The maximum absolute atomic E-state index is 11.4. The van der Waals surface area contributed by atoms with E-state index in [0.717, 1.165) is 31.6 Å². The smallest absolute Gasteiger partial charge is 0.224 e. The molecule has 1 aromatic rings. The predicted molar refractivity (Wildman–Crippen MR) is 83.1 cm³/mol. The van der Waals surface area contributed by atoms with Crippen LogP contribution in [0.5, 0.6) is 0 Å². The van der Waals surface area contributed by atoms with Gasteiger partial charge in [0.05, 0.1) is 6.10 Å². The number of hydrogen-bond acceptors (Lipinski definition) is 3. The van der Waals surface area contributed by atoms with E-state index in [9.17, 15) is 4.79 Å². The van der Waals surface area contributed by atoms with E-state index in [4.69, 9.17) is 10.5 Å². The molecule has 1 amide bonds. The lowest BCUT2D eigenvalue weighted by molar-refractivity contribution is -0.116. The molecule has 1 saturated heterocycles. The van der Waals surface area contributed by atoms with Crippen molar-refractivity contribution in [3.05, 3.63) is 29.3 Å². The molecule has 0 radical (unpaired) electrons. The number of nitrogens with one attached hydrogen (secondary N) is 1. The van der Waals surface area contributed by atoms with Crippen LogP contribution in [-0.4, -0.2) is 18.6 Å². The maximum atomic E-state index is 11.4. The lowest BCUT2D eigenvalue weighted by Crippen LogP contribution is -2.22. The van der Waals surface area contributed by atoms with Crippen molar-refractivity contribution in [2.75, 3.05) is 11.9 Å². The molecular weight excluding hydrogens is 264 g/mol. The lowest BCUT2D eigenvalue weighted by Gasteiger charge is -2.24. The van der Waals surface area contributed by atoms with Crippen LogP contribution in [0.4, 0.5) is 5.69 Å². The van der Waals surface area contributed by atoms with Crippen molar-refractivity contribution < 1.29 is 9.53 Å². The SMILES string of the molecule is NC(CCC1CCCCO1)c1ccc2c(c1)CCC(=O)N2. The quantitative estimate of drug-likeness (QED) is 0.895. The Balaban J connectivity index is 1.59. The van der Waals surface area contributed by atoms with Crippen LogP contribution in [0.2, 0.25) is 0 Å². The van der Waals surface area contributed by atoms with Gasteiger partial charge in [0.15, 0.2) is 0 Å². The normalized spacial score (nSPS) is 23.3. The molecule has 0 spiro atoms. The van der Waals surface area contributed by atoms with Crippen LogP contribution in [0, 0.1) is 0 Å². The molecule has 21 heavy (non-hydrogen) atoms. The molecule has 4 heteroatoms. The zero-order chi connectivity index (χ0) is 14.7. The summed E-state index contributed by atoms with van der Waals surface area (Å²) in [6.07, 6.45) is 7.40. The molecule has 3 rings (SSSR count). The van der Waals surface area contributed by atoms with Gasteiger partial charge in [-0.05, 0) is 55.7 Å². The van der Waals surface area contributed by atoms with Gasteiger partial charge in [-0.2, -0.15) is 0 Å². The third-order valence-corrected chi connectivity index (χ3v) is 4.53. The van der Waals surface area contributed by atoms with Gasteiger partial charge in [0.2, 0.25) is 5.91 Å². The van der Waals surface area contributed by atoms with Gasteiger partial charge >= 0.3 is 0 Å². The standard InChI is InChI=1S/C17H24N2O2/c18-15(7-6-14-3-1-2-10-21-14)12-4-8-16-13(11-12)5-9-17(20)19-16/h4,8,11,14-15H,1-3,5-7,9-10,18H2,(H,19,20). The first-order valence-corrected chi connectivity index (χ1v) is 8.02. The number of carbonyl (C=O) groups is 1. The van der Waals surface area contributed by atoms with E-state index in [-0.39, 0.29) is 11.9 Å². The number of fused-ring (bicyclic) bond motifs is 1. The predicted octanol–water partition coefficient (Wildman–Crippen LogP) is 2.92. The molecule has 2 atom stereocenters. The first kappa shape index (κ1) is 14.5. The van der Waals surface area contributed by atoms with Crippen molar-refractivity contribution in [2.24, 2.45) is 5.73 Å². The van der Waals surface area contributed by atoms with E-state index < -0.39 is 0 Å². The average molecular weight is 288 g/mol. The van der Waals surface area contributed by atoms with Crippen molar-refractivity contribution in [1.82, 2.24) is 0 Å². The molecule has 0 aromatic heterocycles. The van der Waals surface area contributed by atoms with Gasteiger partial charge in [0, 0.05) is 24.8 Å². The monoisotopic (exact) mass is 288 g/mol. The summed E-state index contributed by atoms with van der Waals surface area (Å²) in [5.41, 5.74) is 9.64. The number of ether oxygens (including phenoxy) is 1. The second kappa shape index (κ2) is 6.58. The van der Waals surface area contributed by atoms with Gasteiger partial charge in [-0.25, -0.2) is 0 Å². The Morgan fingerprint density at radius 3 is 3.05 bits per heavy atom. The van der Waals surface area contributed by atoms with Crippen LogP contribution in [0.3, 0.4) is 0 Å². The van der Waals surface area contributed by atoms with Crippen LogP contribution >= 0.6 is 0 Å². The minimum atomic E-state index is 0.0541. The fraction of sp³-hybridized carbons (Fsp3) is 0.588. The summed E-state index contributed by atoms with van der Waals surface area (Å²) >= 11 is 0. The minimum absolute atomic E-state index is 0.0541. The fourth-order valence-electron chi connectivity index (χ4n) is 3.20. The van der Waals surface area contributed by atoms with Crippen LogP contribution in [0.25, 0.3) is 0 Å². The molecule has 1 fully saturated rings. The molecule has 3 N–H and O–H groups in total. The molecule has 0 saturated carbocycles. The summed E-state index contributed by atoms with van der Waals surface area (Å²) < 4.78 is 5.76. The van der Waals surface area contributed by atoms with E-state index in [1.54, 1.807) is 0 Å². The first-order chi connectivity index (χ1) is 10.2. The minimum Gasteiger partial charge on any atom is -0.378 e. The van der Waals surface area contributed by atoms with Crippen molar-refractivity contribution in [3.8, 4) is 0 Å². The molecule has 2 aliphatic heterocycles. The molecule has 1 aromatic carbocycles. The third-order valence-electron chi connectivity index (χ3n) is 4.53. The van der Waals surface area contributed by atoms with Gasteiger partial charge in [0.25, 0.3) is 0 Å². The molecular formula is C17H24N2O2. The summed E-state index contributed by atoms with van der Waals surface area (Å²) in [6.45, 7) is 0.901. The Kier molecular flexibility index (Phi) is 4.56. The van der Waals surface area contributed by atoms with Gasteiger partial charge in [-0.1, -0.05) is 12.1 Å². The summed E-state index contributed by atoms with van der Waals surface area (Å²) in [4.78, 5) is 11.4. The van der Waals surface area contributed by atoms with Gasteiger partial charge < -0.3 is 15.8 Å². The highest BCUT2D eigenvalue weighted by Crippen LogP contribution is 2.28. The summed E-state index contributed by atoms with van der Waals surface area (Å²) in [5, 5.41) is 2.91. The number of aryl methyl sites for hydroxylation is 1. The number of amides is 1. The Labute approximate surface area is 126 Å². The average Bonchev–Trinajstić information content (AvgIpc) is 2.53. The van der Waals surface area contributed by atoms with Crippen molar-refractivity contribution in [3.63, 3.8) is 0 Å². The van der Waals surface area contributed by atoms with E-state index in [1.165, 1.54) is 30.4 Å². The number of carbonyl (C=O) groups excluding carboxylic acids is 1. The van der Waals surface area contributed by atoms with Crippen molar-refractivity contribution in [2.45, 2.75) is 57.1 Å². The number of benzene rings is 1. The largest absolute Gasteiger partial charge is 0.378 e. The van der Waals surface area contributed by atoms with Crippen LogP contribution in [-0.2, 0) is 16.0 Å². The zero-order valence-corrected chi connectivity index (χ0v) is 12.4. The Morgan fingerprint density at radius 1 is 1.33 bits per heavy atom. The second-order valence-electron chi connectivity index (χ2n) is 6.14. The van der Waals surface area contributed by atoms with Crippen LogP contribution in [0.1, 0.15) is 55.7 Å². The molecule has 0 aliphatic carbocycles. The van der Waals surface area contributed by atoms with Crippen molar-refractivity contribution >= 4 is 11.6 Å². The lowest BCUT2D eigenvalue weighted by atomic mass is 9.94. The Morgan fingerprint density at radius 2 is 2.24 bits per heavy atom. The number of nitrogens with two attached hydrogens (primary N) is 1. The molecule has 114 valence electrons. The van der Waals surface area contributed by atoms with E-state index in [1.807, 2.05) is 12.1 Å². The Bertz CT molecular complexity index is 510. The number of rotatable bonds is 4. The fourth-order valence-corrected chi connectivity index (χ4v) is 3.20. The van der Waals surface area contributed by atoms with E-state index >= 15 is 0 Å². The van der Waals surface area contributed by atoms with Crippen molar-refractivity contribution in [1.29, 1.82) is 0 Å². The highest BCUT2D eigenvalue weighted by molar-refractivity contribution is 5.93. The van der Waals surface area contributed by atoms with E-state index in [2.05, 4.69) is 11.4 Å². The van der Waals surface area contributed by atoms with Crippen LogP contribution < -0.4 is 11.1 Å². The van der Waals surface area contributed by atoms with Crippen LogP contribution in [0.15, 0.2) is 18.2 Å². The maximum Gasteiger partial charge on any atom is 0.224 e. The molecule has 0 bridgehead atoms. The van der Waals surface area contributed by atoms with Gasteiger partial charge in [-0.3, -0.25) is 4.79 Å². The summed E-state index contributed by atoms with van der Waals surface area (Å²) in [7, 11) is 0. The van der Waals surface area contributed by atoms with Gasteiger partial charge in [0.1, 0.15) is 0 Å². The summed E-state index contributed by atoms with van der Waals surface area (Å²) in [5.74, 6) is 0.106. The van der Waals surface area contributed by atoms with E-state index in [0.29, 0.717) is 12.5 Å². The van der Waals surface area contributed by atoms with Gasteiger partial charge in [-0.15, -0.1) is 0 Å². The number of hydrogen-bond donors (Lipinski definition) is 2. The third kappa shape index (κ3) is 3.63. The zero-order valence-electron chi connectivity index (χ0n) is 12.4.